The lowest BCUT2D eigenvalue weighted by molar-refractivity contribution is -0.137. The predicted molar refractivity (Wildman–Crippen MR) is 118 cm³/mol. The van der Waals surface area contributed by atoms with Crippen molar-refractivity contribution >= 4 is 21.6 Å². The number of alkyl halides is 3. The lowest BCUT2D eigenvalue weighted by Gasteiger charge is -2.20. The Kier molecular flexibility index (Phi) is 8.44. The maximum atomic E-state index is 12.9. The Balaban J connectivity index is 2.09. The van der Waals surface area contributed by atoms with Crippen molar-refractivity contribution in [1.82, 2.24) is 9.62 Å². The van der Waals surface area contributed by atoms with Crippen molar-refractivity contribution in [3.8, 4) is 0 Å². The van der Waals surface area contributed by atoms with E-state index in [4.69, 9.17) is 0 Å². The molecule has 6 nitrogen and oxygen atoms in total. The smallest absolute Gasteiger partial charge is 0.325 e. The highest BCUT2D eigenvalue weighted by Gasteiger charge is 2.30. The molecular weight excluding hydrogens is 443 g/mol. The minimum Gasteiger partial charge on any atom is -0.325 e. The molecule has 1 atom stereocenters. The molecule has 0 aliphatic rings. The number of amides is 1. The monoisotopic (exact) mass is 471 g/mol. The van der Waals surface area contributed by atoms with E-state index in [-0.39, 0.29) is 11.4 Å². The summed E-state index contributed by atoms with van der Waals surface area (Å²) in [6.07, 6.45) is -4.44. The molecule has 176 valence electrons. The second kappa shape index (κ2) is 10.5. The standard InChI is InChI=1S/C22H28F3N3O3S/c1-5-28(6-2)32(30,31)19-11-10-15(3)20(13-19)27-21(29)14-26-16(4)17-8-7-9-18(12-17)22(23,24)25/h7-13,16,26H,5-6,14H2,1-4H3,(H,27,29). The normalized spacial score (nSPS) is 13.2. The molecule has 0 aliphatic carbocycles. The van der Waals surface area contributed by atoms with E-state index in [2.05, 4.69) is 10.6 Å². The molecule has 0 heterocycles. The first-order valence-electron chi connectivity index (χ1n) is 10.2. The van der Waals surface area contributed by atoms with Crippen LogP contribution < -0.4 is 10.6 Å². The second-order valence-electron chi connectivity index (χ2n) is 7.34. The van der Waals surface area contributed by atoms with Crippen molar-refractivity contribution in [2.24, 2.45) is 0 Å². The van der Waals surface area contributed by atoms with E-state index in [1.165, 1.54) is 22.5 Å². The van der Waals surface area contributed by atoms with E-state index in [1.807, 2.05) is 0 Å². The van der Waals surface area contributed by atoms with Gasteiger partial charge in [-0.1, -0.05) is 32.0 Å². The van der Waals surface area contributed by atoms with Crippen molar-refractivity contribution in [2.75, 3.05) is 25.0 Å². The molecule has 2 aromatic carbocycles. The van der Waals surface area contributed by atoms with Crippen LogP contribution in [-0.4, -0.2) is 38.3 Å². The first kappa shape index (κ1) is 25.8. The Morgan fingerprint density at radius 3 is 2.34 bits per heavy atom. The van der Waals surface area contributed by atoms with Crippen LogP contribution in [0.15, 0.2) is 47.4 Å². The van der Waals surface area contributed by atoms with Gasteiger partial charge in [-0.25, -0.2) is 8.42 Å². The molecule has 0 spiro atoms. The van der Waals surface area contributed by atoms with Gasteiger partial charge in [0.2, 0.25) is 15.9 Å². The van der Waals surface area contributed by atoms with Gasteiger partial charge in [-0.3, -0.25) is 4.79 Å². The van der Waals surface area contributed by atoms with E-state index in [0.717, 1.165) is 12.1 Å². The van der Waals surface area contributed by atoms with Crippen LogP contribution in [0.25, 0.3) is 0 Å². The molecular formula is C22H28F3N3O3S. The van der Waals surface area contributed by atoms with E-state index in [9.17, 15) is 26.4 Å². The number of hydrogen-bond donors (Lipinski definition) is 2. The number of nitrogens with zero attached hydrogens (tertiary/aromatic N) is 1. The van der Waals surface area contributed by atoms with Crippen LogP contribution >= 0.6 is 0 Å². The van der Waals surface area contributed by atoms with Crippen LogP contribution in [0.3, 0.4) is 0 Å². The molecule has 32 heavy (non-hydrogen) atoms. The molecule has 1 amide bonds. The fraction of sp³-hybridized carbons (Fsp3) is 0.409. The number of halogens is 3. The number of anilines is 1. The molecule has 0 radical (unpaired) electrons. The Morgan fingerprint density at radius 1 is 1.09 bits per heavy atom. The summed E-state index contributed by atoms with van der Waals surface area (Å²) in [5.41, 5.74) is 0.686. The first-order chi connectivity index (χ1) is 14.9. The van der Waals surface area contributed by atoms with E-state index in [0.29, 0.717) is 29.9 Å². The van der Waals surface area contributed by atoms with Crippen molar-refractivity contribution in [2.45, 2.75) is 44.8 Å². The van der Waals surface area contributed by atoms with Crippen LogP contribution in [0.2, 0.25) is 0 Å². The van der Waals surface area contributed by atoms with Gasteiger partial charge < -0.3 is 10.6 Å². The van der Waals surface area contributed by atoms with Crippen molar-refractivity contribution in [3.05, 3.63) is 59.2 Å². The van der Waals surface area contributed by atoms with Crippen molar-refractivity contribution in [1.29, 1.82) is 0 Å². The summed E-state index contributed by atoms with van der Waals surface area (Å²) in [6.45, 7) is 7.37. The second-order valence-corrected chi connectivity index (χ2v) is 9.28. The van der Waals surface area contributed by atoms with Gasteiger partial charge in [-0.2, -0.15) is 17.5 Å². The molecule has 1 unspecified atom stereocenters. The molecule has 10 heteroatoms. The molecule has 2 aromatic rings. The summed E-state index contributed by atoms with van der Waals surface area (Å²) in [6, 6.07) is 8.93. The summed E-state index contributed by atoms with van der Waals surface area (Å²) >= 11 is 0. The Hall–Kier alpha value is -2.43. The van der Waals surface area contributed by atoms with Gasteiger partial charge in [0.05, 0.1) is 17.0 Å². The zero-order valence-electron chi connectivity index (χ0n) is 18.5. The third kappa shape index (κ3) is 6.30. The molecule has 0 bridgehead atoms. The molecule has 2 rings (SSSR count). The fourth-order valence-electron chi connectivity index (χ4n) is 3.15. The largest absolute Gasteiger partial charge is 0.416 e. The number of hydrogen-bond acceptors (Lipinski definition) is 4. The van der Waals surface area contributed by atoms with Gasteiger partial charge in [0.1, 0.15) is 0 Å². The predicted octanol–water partition coefficient (Wildman–Crippen LogP) is 4.33. The van der Waals surface area contributed by atoms with Crippen LogP contribution in [0.5, 0.6) is 0 Å². The molecule has 0 saturated carbocycles. The third-order valence-electron chi connectivity index (χ3n) is 5.11. The van der Waals surface area contributed by atoms with E-state index < -0.39 is 33.7 Å². The van der Waals surface area contributed by atoms with Gasteiger partial charge in [0.15, 0.2) is 0 Å². The van der Waals surface area contributed by atoms with Gasteiger partial charge in [0, 0.05) is 24.8 Å². The molecule has 0 saturated heterocycles. The van der Waals surface area contributed by atoms with Gasteiger partial charge >= 0.3 is 6.18 Å². The highest BCUT2D eigenvalue weighted by atomic mass is 32.2. The Morgan fingerprint density at radius 2 is 1.75 bits per heavy atom. The number of nitrogens with one attached hydrogen (secondary N) is 2. The van der Waals surface area contributed by atoms with Crippen molar-refractivity contribution < 1.29 is 26.4 Å². The summed E-state index contributed by atoms with van der Waals surface area (Å²) in [5.74, 6) is -0.440. The van der Waals surface area contributed by atoms with Crippen LogP contribution in [0, 0.1) is 6.92 Å². The topological polar surface area (TPSA) is 78.5 Å². The number of benzene rings is 2. The van der Waals surface area contributed by atoms with Crippen LogP contribution in [0.4, 0.5) is 18.9 Å². The van der Waals surface area contributed by atoms with E-state index in [1.54, 1.807) is 39.8 Å². The molecule has 0 aromatic heterocycles. The fourth-order valence-corrected chi connectivity index (χ4v) is 4.64. The van der Waals surface area contributed by atoms with Crippen LogP contribution in [0.1, 0.15) is 43.5 Å². The zero-order chi connectivity index (χ0) is 24.1. The first-order valence-corrected chi connectivity index (χ1v) is 11.6. The molecule has 2 N–H and O–H groups in total. The number of rotatable bonds is 9. The molecule has 0 fully saturated rings. The lowest BCUT2D eigenvalue weighted by Crippen LogP contribution is -2.31. The van der Waals surface area contributed by atoms with E-state index >= 15 is 0 Å². The molecule has 0 aliphatic heterocycles. The van der Waals surface area contributed by atoms with Crippen LogP contribution in [-0.2, 0) is 21.0 Å². The number of carbonyl (C=O) groups excluding carboxylic acids is 1. The SMILES string of the molecule is CCN(CC)S(=O)(=O)c1ccc(C)c(NC(=O)CNC(C)c2cccc(C(F)(F)F)c2)c1. The average molecular weight is 472 g/mol. The van der Waals surface area contributed by atoms with Crippen molar-refractivity contribution in [3.63, 3.8) is 0 Å². The summed E-state index contributed by atoms with van der Waals surface area (Å²) in [7, 11) is -3.68. The number of sulfonamides is 1. The summed E-state index contributed by atoms with van der Waals surface area (Å²) in [4.78, 5) is 12.5. The number of carbonyl (C=O) groups is 1. The van der Waals surface area contributed by atoms with Gasteiger partial charge in [0.25, 0.3) is 0 Å². The quantitative estimate of drug-likeness (QED) is 0.571. The van der Waals surface area contributed by atoms with Gasteiger partial charge in [-0.15, -0.1) is 0 Å². The van der Waals surface area contributed by atoms with Gasteiger partial charge in [-0.05, 0) is 49.2 Å². The lowest BCUT2D eigenvalue weighted by atomic mass is 10.0. The highest BCUT2D eigenvalue weighted by Crippen LogP contribution is 2.30. The summed E-state index contributed by atoms with van der Waals surface area (Å²) < 4.78 is 65.5. The Bertz CT molecular complexity index is 1050. The maximum Gasteiger partial charge on any atom is 0.416 e. The maximum absolute atomic E-state index is 12.9. The Labute approximate surface area is 186 Å². The summed E-state index contributed by atoms with van der Waals surface area (Å²) in [5, 5.41) is 5.57. The minimum atomic E-state index is -4.44. The zero-order valence-corrected chi connectivity index (χ0v) is 19.3. The average Bonchev–Trinajstić information content (AvgIpc) is 2.73. The minimum absolute atomic E-state index is 0.0763. The third-order valence-corrected chi connectivity index (χ3v) is 7.15. The number of aryl methyl sites for hydroxylation is 1. The highest BCUT2D eigenvalue weighted by molar-refractivity contribution is 7.89.